The van der Waals surface area contributed by atoms with Gasteiger partial charge in [0.2, 0.25) is 9.70 Å². The van der Waals surface area contributed by atoms with Crippen molar-refractivity contribution in [2.45, 2.75) is 120 Å². The number of anilines is 1. The molecule has 0 saturated carbocycles. The number of nitrogens with one attached hydrogen (secondary N) is 3. The Kier molecular flexibility index (Phi) is 18.7. The third kappa shape index (κ3) is 18.2. The monoisotopic (exact) mass is 563 g/mol. The fourth-order valence-corrected chi connectivity index (χ4v) is 4.47. The predicted octanol–water partition coefficient (Wildman–Crippen LogP) is 9.05. The Labute approximate surface area is 233 Å². The molecule has 0 heterocycles. The van der Waals surface area contributed by atoms with Gasteiger partial charge in [0, 0.05) is 12.1 Å². The molecule has 1 aromatic rings. The highest BCUT2D eigenvalue weighted by Crippen LogP contribution is 2.29. The van der Waals surface area contributed by atoms with Crippen LogP contribution in [0.15, 0.2) is 30.3 Å². The van der Waals surface area contributed by atoms with E-state index in [9.17, 15) is 4.79 Å². The summed E-state index contributed by atoms with van der Waals surface area (Å²) in [5, 5.41) is 8.91. The standard InChI is InChI=1S/C27H44Cl3N3OS/c1-2-3-4-5-6-7-8-9-10-11-12-13-14-15-19-22-24(34)32-25(27(28,29)30)33-26(35)31-23-20-17-16-18-21-23/h16-18,20-21,25H,2-15,19,22H2,1H3,(H,32,34)(H2,31,33,35). The van der Waals surface area contributed by atoms with Crippen LogP contribution < -0.4 is 16.0 Å². The molecule has 3 N–H and O–H groups in total. The van der Waals surface area contributed by atoms with E-state index in [1.54, 1.807) is 0 Å². The number of amides is 1. The molecule has 1 rings (SSSR count). The van der Waals surface area contributed by atoms with Crippen LogP contribution in [0.25, 0.3) is 0 Å². The van der Waals surface area contributed by atoms with Crippen molar-refractivity contribution in [3.05, 3.63) is 30.3 Å². The van der Waals surface area contributed by atoms with Crippen molar-refractivity contribution in [2.75, 3.05) is 5.32 Å². The summed E-state index contributed by atoms with van der Waals surface area (Å²) in [6.45, 7) is 2.27. The minimum absolute atomic E-state index is 0.161. The fraction of sp³-hybridized carbons (Fsp3) is 0.704. The minimum Gasteiger partial charge on any atom is -0.339 e. The van der Waals surface area contributed by atoms with E-state index < -0.39 is 9.96 Å². The van der Waals surface area contributed by atoms with Crippen LogP contribution in [0.4, 0.5) is 5.69 Å². The van der Waals surface area contributed by atoms with Gasteiger partial charge >= 0.3 is 0 Å². The SMILES string of the molecule is CCCCCCCCCCCCCCCCCC(=O)NC(NC(=S)Nc1ccccc1)C(Cl)(Cl)Cl. The van der Waals surface area contributed by atoms with Crippen molar-refractivity contribution >= 4 is 63.7 Å². The highest BCUT2D eigenvalue weighted by atomic mass is 35.6. The van der Waals surface area contributed by atoms with Gasteiger partial charge in [-0.1, -0.05) is 150 Å². The molecule has 8 heteroatoms. The van der Waals surface area contributed by atoms with Gasteiger partial charge in [-0.15, -0.1) is 0 Å². The molecule has 0 saturated heterocycles. The third-order valence-corrected chi connectivity index (χ3v) is 6.82. The Morgan fingerprint density at radius 2 is 1.23 bits per heavy atom. The second-order valence-corrected chi connectivity index (χ2v) is 12.0. The van der Waals surface area contributed by atoms with Crippen LogP contribution in [0.3, 0.4) is 0 Å². The van der Waals surface area contributed by atoms with Gasteiger partial charge in [0.25, 0.3) is 0 Å². The van der Waals surface area contributed by atoms with Crippen molar-refractivity contribution in [3.8, 4) is 0 Å². The first-order valence-corrected chi connectivity index (χ1v) is 14.9. The van der Waals surface area contributed by atoms with Gasteiger partial charge in [-0.25, -0.2) is 0 Å². The van der Waals surface area contributed by atoms with Gasteiger partial charge in [0.1, 0.15) is 6.17 Å². The number of benzene rings is 1. The number of rotatable bonds is 19. The fourth-order valence-electron chi connectivity index (χ4n) is 3.91. The maximum Gasteiger partial charge on any atom is 0.228 e. The average Bonchev–Trinajstić information content (AvgIpc) is 2.81. The lowest BCUT2D eigenvalue weighted by Crippen LogP contribution is -2.56. The minimum atomic E-state index is -1.74. The van der Waals surface area contributed by atoms with Crippen LogP contribution in [-0.4, -0.2) is 21.0 Å². The zero-order valence-electron chi connectivity index (χ0n) is 21.2. The number of carbonyl (C=O) groups excluding carboxylic acids is 1. The van der Waals surface area contributed by atoms with Crippen LogP contribution in [-0.2, 0) is 4.79 Å². The number of halogens is 3. The summed E-state index contributed by atoms with van der Waals surface area (Å²) in [6.07, 6.45) is 18.8. The first-order valence-electron chi connectivity index (χ1n) is 13.3. The zero-order chi connectivity index (χ0) is 25.8. The molecule has 0 aliphatic rings. The lowest BCUT2D eigenvalue weighted by Gasteiger charge is -2.27. The molecule has 0 spiro atoms. The molecule has 4 nitrogen and oxygen atoms in total. The Bertz CT molecular complexity index is 686. The van der Waals surface area contributed by atoms with Gasteiger partial charge < -0.3 is 16.0 Å². The van der Waals surface area contributed by atoms with E-state index >= 15 is 0 Å². The molecule has 35 heavy (non-hydrogen) atoms. The highest BCUT2D eigenvalue weighted by Gasteiger charge is 2.34. The van der Waals surface area contributed by atoms with Crippen LogP contribution in [0, 0.1) is 0 Å². The largest absolute Gasteiger partial charge is 0.339 e. The van der Waals surface area contributed by atoms with E-state index in [-0.39, 0.29) is 11.0 Å². The molecule has 1 atom stereocenters. The molecular formula is C27H44Cl3N3OS. The summed E-state index contributed by atoms with van der Waals surface area (Å²) in [5.41, 5.74) is 0.803. The van der Waals surface area contributed by atoms with Gasteiger partial charge in [-0.05, 0) is 30.8 Å². The van der Waals surface area contributed by atoms with Gasteiger partial charge in [-0.3, -0.25) is 4.79 Å². The van der Waals surface area contributed by atoms with Crippen LogP contribution >= 0.6 is 47.0 Å². The van der Waals surface area contributed by atoms with E-state index in [0.717, 1.165) is 24.9 Å². The number of unbranched alkanes of at least 4 members (excludes halogenated alkanes) is 14. The van der Waals surface area contributed by atoms with Gasteiger partial charge in [-0.2, -0.15) is 0 Å². The van der Waals surface area contributed by atoms with Gasteiger partial charge in [0.15, 0.2) is 5.11 Å². The summed E-state index contributed by atoms with van der Waals surface area (Å²) in [5.74, 6) is -0.161. The molecule has 1 aromatic carbocycles. The number of alkyl halides is 3. The lowest BCUT2D eigenvalue weighted by molar-refractivity contribution is -0.122. The summed E-state index contributed by atoms with van der Waals surface area (Å²) in [7, 11) is 0. The highest BCUT2D eigenvalue weighted by molar-refractivity contribution is 7.80. The van der Waals surface area contributed by atoms with Gasteiger partial charge in [0.05, 0.1) is 0 Å². The van der Waals surface area contributed by atoms with Crippen molar-refractivity contribution in [3.63, 3.8) is 0 Å². The van der Waals surface area contributed by atoms with Crippen LogP contribution in [0.2, 0.25) is 0 Å². The average molecular weight is 565 g/mol. The Balaban J connectivity index is 2.08. The number of para-hydroxylation sites is 1. The predicted molar refractivity (Wildman–Crippen MR) is 158 cm³/mol. The van der Waals surface area contributed by atoms with Crippen LogP contribution in [0.1, 0.15) is 110 Å². The first kappa shape index (κ1) is 32.3. The van der Waals surface area contributed by atoms with E-state index in [2.05, 4.69) is 22.9 Å². The quantitative estimate of drug-likeness (QED) is 0.0679. The second kappa shape index (κ2) is 20.3. The molecular weight excluding hydrogens is 521 g/mol. The van der Waals surface area contributed by atoms with E-state index in [1.807, 2.05) is 30.3 Å². The Morgan fingerprint density at radius 1 is 0.771 bits per heavy atom. The molecule has 1 amide bonds. The Morgan fingerprint density at radius 3 is 1.69 bits per heavy atom. The Hall–Kier alpha value is -0.750. The van der Waals surface area contributed by atoms with Crippen molar-refractivity contribution in [1.29, 1.82) is 0 Å². The third-order valence-electron chi connectivity index (χ3n) is 5.95. The topological polar surface area (TPSA) is 53.2 Å². The summed E-state index contributed by atoms with van der Waals surface area (Å²) < 4.78 is -1.74. The molecule has 200 valence electrons. The van der Waals surface area contributed by atoms with Crippen molar-refractivity contribution < 1.29 is 4.79 Å². The number of thiocarbonyl (C=S) groups is 1. The first-order chi connectivity index (χ1) is 16.8. The number of hydrogen-bond acceptors (Lipinski definition) is 2. The number of hydrogen-bond donors (Lipinski definition) is 3. The van der Waals surface area contributed by atoms with E-state index in [1.165, 1.54) is 77.0 Å². The van der Waals surface area contributed by atoms with Crippen LogP contribution in [0.5, 0.6) is 0 Å². The lowest BCUT2D eigenvalue weighted by atomic mass is 10.0. The summed E-state index contributed by atoms with van der Waals surface area (Å²) in [4.78, 5) is 12.4. The van der Waals surface area contributed by atoms with Crippen molar-refractivity contribution in [1.82, 2.24) is 10.6 Å². The maximum absolute atomic E-state index is 12.4. The molecule has 0 radical (unpaired) electrons. The smallest absolute Gasteiger partial charge is 0.228 e. The van der Waals surface area contributed by atoms with Crippen molar-refractivity contribution in [2.24, 2.45) is 0 Å². The molecule has 0 bridgehead atoms. The number of carbonyl (C=O) groups is 1. The molecule has 0 aliphatic carbocycles. The summed E-state index contributed by atoms with van der Waals surface area (Å²) >= 11 is 23.5. The van der Waals surface area contributed by atoms with E-state index in [4.69, 9.17) is 47.0 Å². The molecule has 0 aliphatic heterocycles. The summed E-state index contributed by atoms with van der Waals surface area (Å²) in [6, 6.07) is 9.41. The molecule has 0 aromatic heterocycles. The normalized spacial score (nSPS) is 12.2. The second-order valence-electron chi connectivity index (χ2n) is 9.21. The zero-order valence-corrected chi connectivity index (χ0v) is 24.3. The maximum atomic E-state index is 12.4. The molecule has 1 unspecified atom stereocenters. The van der Waals surface area contributed by atoms with E-state index in [0.29, 0.717) is 6.42 Å². The molecule has 0 fully saturated rings.